The number of nitrogens with zero attached hydrogens (tertiary/aromatic N) is 6. The van der Waals surface area contributed by atoms with Gasteiger partial charge in [-0.25, -0.2) is 9.97 Å². The number of aromatic nitrogens is 6. The number of hydrogen-bond donors (Lipinski definition) is 1. The zero-order valence-corrected chi connectivity index (χ0v) is 11.9. The van der Waals surface area contributed by atoms with Crippen LogP contribution in [0.2, 0.25) is 0 Å². The molecule has 8 heteroatoms. The van der Waals surface area contributed by atoms with Crippen molar-refractivity contribution in [2.75, 3.05) is 18.1 Å². The first-order valence-corrected chi connectivity index (χ1v) is 7.54. The monoisotopic (exact) mass is 289 g/mol. The van der Waals surface area contributed by atoms with Crippen LogP contribution in [0.4, 0.5) is 5.95 Å². The van der Waals surface area contributed by atoms with E-state index in [0.29, 0.717) is 0 Å². The molecular weight excluding hydrogens is 274 g/mol. The van der Waals surface area contributed by atoms with E-state index in [1.807, 2.05) is 24.8 Å². The second-order valence-corrected chi connectivity index (χ2v) is 4.99. The summed E-state index contributed by atoms with van der Waals surface area (Å²) in [5, 5.41) is 8.29. The molecule has 0 fully saturated rings. The van der Waals surface area contributed by atoms with Crippen LogP contribution >= 0.6 is 11.8 Å². The number of hydrogen-bond acceptors (Lipinski definition) is 6. The maximum atomic E-state index is 4.45. The van der Waals surface area contributed by atoms with E-state index in [-0.39, 0.29) is 0 Å². The molecule has 0 saturated carbocycles. The van der Waals surface area contributed by atoms with Crippen LogP contribution in [0, 0.1) is 0 Å². The maximum Gasteiger partial charge on any atom is 0.228 e. The molecule has 0 radical (unpaired) electrons. The highest BCUT2D eigenvalue weighted by Crippen LogP contribution is 2.14. The van der Waals surface area contributed by atoms with Gasteiger partial charge in [-0.2, -0.15) is 14.6 Å². The molecule has 3 aromatic heterocycles. The SMILES string of the molecule is CSc1nc(NCCCn2ccnc2)n2nccc2n1. The number of thioether (sulfide) groups is 1. The zero-order chi connectivity index (χ0) is 13.8. The van der Waals surface area contributed by atoms with Gasteiger partial charge in [0.1, 0.15) is 0 Å². The summed E-state index contributed by atoms with van der Waals surface area (Å²) in [5.74, 6) is 0.731. The predicted octanol–water partition coefficient (Wildman–Crippen LogP) is 1.54. The van der Waals surface area contributed by atoms with Crippen molar-refractivity contribution in [3.8, 4) is 0 Å². The minimum absolute atomic E-state index is 0.731. The average Bonchev–Trinajstić information content (AvgIpc) is 3.13. The molecule has 0 atom stereocenters. The molecule has 0 amide bonds. The maximum absolute atomic E-state index is 4.45. The molecule has 0 bridgehead atoms. The van der Waals surface area contributed by atoms with E-state index in [1.54, 1.807) is 16.9 Å². The molecule has 0 saturated heterocycles. The van der Waals surface area contributed by atoms with Crippen LogP contribution in [0.25, 0.3) is 5.65 Å². The molecular formula is C12H15N7S. The first kappa shape index (κ1) is 12.9. The quantitative estimate of drug-likeness (QED) is 0.548. The van der Waals surface area contributed by atoms with Crippen LogP contribution in [0.3, 0.4) is 0 Å². The Morgan fingerprint density at radius 3 is 3.05 bits per heavy atom. The van der Waals surface area contributed by atoms with Crippen LogP contribution in [-0.4, -0.2) is 41.9 Å². The third-order valence-corrected chi connectivity index (χ3v) is 3.40. The van der Waals surface area contributed by atoms with Crippen molar-refractivity contribution in [3.05, 3.63) is 31.0 Å². The van der Waals surface area contributed by atoms with Gasteiger partial charge in [-0.15, -0.1) is 0 Å². The summed E-state index contributed by atoms with van der Waals surface area (Å²) in [5.41, 5.74) is 0.807. The van der Waals surface area contributed by atoms with Crippen LogP contribution in [0.5, 0.6) is 0 Å². The van der Waals surface area contributed by atoms with Crippen molar-refractivity contribution in [2.24, 2.45) is 0 Å². The summed E-state index contributed by atoms with van der Waals surface area (Å²) < 4.78 is 3.77. The van der Waals surface area contributed by atoms with E-state index < -0.39 is 0 Å². The highest BCUT2D eigenvalue weighted by Gasteiger charge is 2.06. The third-order valence-electron chi connectivity index (χ3n) is 2.85. The Balaban J connectivity index is 1.65. The Bertz CT molecular complexity index is 676. The summed E-state index contributed by atoms with van der Waals surface area (Å²) in [6, 6.07) is 1.87. The molecule has 0 aliphatic carbocycles. The van der Waals surface area contributed by atoms with Gasteiger partial charge in [-0.3, -0.25) is 0 Å². The van der Waals surface area contributed by atoms with E-state index in [9.17, 15) is 0 Å². The van der Waals surface area contributed by atoms with Crippen molar-refractivity contribution in [2.45, 2.75) is 18.1 Å². The number of rotatable bonds is 6. The van der Waals surface area contributed by atoms with Crippen molar-refractivity contribution in [3.63, 3.8) is 0 Å². The van der Waals surface area contributed by atoms with Gasteiger partial charge in [0.25, 0.3) is 0 Å². The molecule has 7 nitrogen and oxygen atoms in total. The summed E-state index contributed by atoms with van der Waals surface area (Å²) in [7, 11) is 0. The molecule has 0 aliphatic heterocycles. The molecule has 0 unspecified atom stereocenters. The minimum Gasteiger partial charge on any atom is -0.354 e. The Morgan fingerprint density at radius 1 is 1.30 bits per heavy atom. The average molecular weight is 289 g/mol. The molecule has 0 aliphatic rings. The molecule has 3 rings (SSSR count). The number of fused-ring (bicyclic) bond motifs is 1. The van der Waals surface area contributed by atoms with Gasteiger partial charge in [0.15, 0.2) is 10.8 Å². The Morgan fingerprint density at radius 2 is 2.25 bits per heavy atom. The number of nitrogens with one attached hydrogen (secondary N) is 1. The van der Waals surface area contributed by atoms with Gasteiger partial charge >= 0.3 is 0 Å². The lowest BCUT2D eigenvalue weighted by molar-refractivity contribution is 0.656. The lowest BCUT2D eigenvalue weighted by Gasteiger charge is -2.08. The third kappa shape index (κ3) is 2.74. The normalized spacial score (nSPS) is 11.1. The molecule has 0 aromatic carbocycles. The topological polar surface area (TPSA) is 72.9 Å². The fourth-order valence-corrected chi connectivity index (χ4v) is 2.25. The highest BCUT2D eigenvalue weighted by atomic mass is 32.2. The van der Waals surface area contributed by atoms with E-state index >= 15 is 0 Å². The summed E-state index contributed by atoms with van der Waals surface area (Å²) in [6.45, 7) is 1.74. The van der Waals surface area contributed by atoms with E-state index in [0.717, 1.165) is 36.3 Å². The molecule has 1 N–H and O–H groups in total. The van der Waals surface area contributed by atoms with Gasteiger partial charge in [0.05, 0.1) is 12.5 Å². The van der Waals surface area contributed by atoms with Gasteiger partial charge in [0.2, 0.25) is 5.95 Å². The Labute approximate surface area is 120 Å². The summed E-state index contributed by atoms with van der Waals surface area (Å²) in [6.07, 6.45) is 10.2. The smallest absolute Gasteiger partial charge is 0.228 e. The lowest BCUT2D eigenvalue weighted by Crippen LogP contribution is -2.12. The summed E-state index contributed by atoms with van der Waals surface area (Å²) >= 11 is 1.52. The number of aryl methyl sites for hydroxylation is 1. The first-order valence-electron chi connectivity index (χ1n) is 6.32. The zero-order valence-electron chi connectivity index (χ0n) is 11.1. The number of imidazole rings is 1. The van der Waals surface area contributed by atoms with Crippen LogP contribution in [0.15, 0.2) is 36.1 Å². The standard InChI is InChI=1S/C12H15N7S/c1-20-12-16-10-3-5-15-19(10)11(17-12)14-4-2-7-18-8-6-13-9-18/h3,5-6,8-9H,2,4,7H2,1H3,(H,14,16,17). The molecule has 3 heterocycles. The number of anilines is 1. The van der Waals surface area contributed by atoms with Gasteiger partial charge in [-0.05, 0) is 12.7 Å². The second-order valence-electron chi connectivity index (χ2n) is 4.22. The molecule has 3 aromatic rings. The Kier molecular flexibility index (Phi) is 3.82. The van der Waals surface area contributed by atoms with Gasteiger partial charge in [0, 0.05) is 31.5 Å². The Hall–Kier alpha value is -2.09. The van der Waals surface area contributed by atoms with Gasteiger partial charge in [-0.1, -0.05) is 11.8 Å². The lowest BCUT2D eigenvalue weighted by atomic mass is 10.4. The van der Waals surface area contributed by atoms with Crippen molar-refractivity contribution < 1.29 is 0 Å². The van der Waals surface area contributed by atoms with Gasteiger partial charge < -0.3 is 9.88 Å². The molecule has 20 heavy (non-hydrogen) atoms. The van der Waals surface area contributed by atoms with Crippen molar-refractivity contribution in [1.29, 1.82) is 0 Å². The van der Waals surface area contributed by atoms with E-state index in [2.05, 4.69) is 29.9 Å². The van der Waals surface area contributed by atoms with Crippen LogP contribution in [-0.2, 0) is 6.54 Å². The molecule has 0 spiro atoms. The van der Waals surface area contributed by atoms with Crippen LogP contribution < -0.4 is 5.32 Å². The highest BCUT2D eigenvalue weighted by molar-refractivity contribution is 7.98. The second kappa shape index (κ2) is 5.91. The van der Waals surface area contributed by atoms with Crippen molar-refractivity contribution >= 4 is 23.4 Å². The van der Waals surface area contributed by atoms with E-state index in [1.165, 1.54) is 11.8 Å². The first-order chi connectivity index (χ1) is 9.86. The molecule has 104 valence electrons. The fourth-order valence-electron chi connectivity index (χ4n) is 1.89. The minimum atomic E-state index is 0.731. The van der Waals surface area contributed by atoms with E-state index in [4.69, 9.17) is 0 Å². The van der Waals surface area contributed by atoms with Crippen molar-refractivity contribution in [1.82, 2.24) is 29.1 Å². The fraction of sp³-hybridized carbons (Fsp3) is 0.333. The van der Waals surface area contributed by atoms with Crippen LogP contribution in [0.1, 0.15) is 6.42 Å². The summed E-state index contributed by atoms with van der Waals surface area (Å²) in [4.78, 5) is 12.9. The predicted molar refractivity (Wildman–Crippen MR) is 77.9 cm³/mol. The largest absolute Gasteiger partial charge is 0.354 e.